The molecule has 0 aliphatic carbocycles. The van der Waals surface area contributed by atoms with Crippen LogP contribution >= 0.6 is 0 Å². The quantitative estimate of drug-likeness (QED) is 0.783. The Labute approximate surface area is 119 Å². The molecular weight excluding hydrogens is 309 g/mol. The number of rotatable bonds is 1. The molecular formula is C12H13F3N2O3S. The maximum atomic E-state index is 12.9. The number of nitrogens with zero attached hydrogens (tertiary/aromatic N) is 2. The molecule has 0 radical (unpaired) electrons. The van der Waals surface area contributed by atoms with E-state index in [4.69, 9.17) is 0 Å². The van der Waals surface area contributed by atoms with Crippen molar-refractivity contribution in [1.82, 2.24) is 9.88 Å². The lowest BCUT2D eigenvalue weighted by Crippen LogP contribution is -2.35. The summed E-state index contributed by atoms with van der Waals surface area (Å²) < 4.78 is 61.6. The summed E-state index contributed by atoms with van der Waals surface area (Å²) in [6.07, 6.45) is -3.36. The third-order valence-corrected chi connectivity index (χ3v) is 4.87. The molecule has 1 fully saturated rings. The van der Waals surface area contributed by atoms with Crippen molar-refractivity contribution in [2.45, 2.75) is 12.6 Å². The molecule has 1 aromatic heterocycles. The van der Waals surface area contributed by atoms with Crippen molar-refractivity contribution in [3.05, 3.63) is 29.6 Å². The Balaban J connectivity index is 2.29. The standard InChI is InChI=1S/C12H13F3N2O3S/c13-12(14,15)9-3-1-4-16-10(9)11(18)17-5-2-7-21(19,20)8-6-17/h1,3-4H,2,5-8H2. The van der Waals surface area contributed by atoms with Gasteiger partial charge in [-0.2, -0.15) is 13.2 Å². The normalized spacial score (nSPS) is 19.1. The van der Waals surface area contributed by atoms with Crippen LogP contribution in [0.4, 0.5) is 13.2 Å². The molecule has 0 spiro atoms. The van der Waals surface area contributed by atoms with Crippen molar-refractivity contribution in [1.29, 1.82) is 0 Å². The monoisotopic (exact) mass is 322 g/mol. The number of pyridine rings is 1. The molecule has 1 aliphatic rings. The Morgan fingerprint density at radius 2 is 1.95 bits per heavy atom. The number of carbonyl (C=O) groups is 1. The third-order valence-electron chi connectivity index (χ3n) is 3.16. The zero-order valence-electron chi connectivity index (χ0n) is 10.9. The van der Waals surface area contributed by atoms with Crippen LogP contribution < -0.4 is 0 Å². The second kappa shape index (κ2) is 5.63. The summed E-state index contributed by atoms with van der Waals surface area (Å²) in [7, 11) is -3.24. The zero-order valence-corrected chi connectivity index (χ0v) is 11.7. The lowest BCUT2D eigenvalue weighted by Gasteiger charge is -2.21. The van der Waals surface area contributed by atoms with E-state index in [2.05, 4.69) is 4.98 Å². The van der Waals surface area contributed by atoms with Crippen LogP contribution in [0.2, 0.25) is 0 Å². The number of alkyl halides is 3. The van der Waals surface area contributed by atoms with Crippen LogP contribution in [0.3, 0.4) is 0 Å². The average molecular weight is 322 g/mol. The Kier molecular flexibility index (Phi) is 4.22. The number of carbonyl (C=O) groups excluding carboxylic acids is 1. The average Bonchev–Trinajstić information content (AvgIpc) is 2.58. The van der Waals surface area contributed by atoms with E-state index in [9.17, 15) is 26.4 Å². The molecule has 0 N–H and O–H groups in total. The highest BCUT2D eigenvalue weighted by molar-refractivity contribution is 7.91. The molecule has 1 saturated heterocycles. The number of amides is 1. The lowest BCUT2D eigenvalue weighted by molar-refractivity contribution is -0.138. The molecule has 1 amide bonds. The van der Waals surface area contributed by atoms with Gasteiger partial charge in [0.15, 0.2) is 9.84 Å². The van der Waals surface area contributed by atoms with E-state index in [-0.39, 0.29) is 31.0 Å². The van der Waals surface area contributed by atoms with Crippen LogP contribution in [-0.2, 0) is 16.0 Å². The molecule has 9 heteroatoms. The Morgan fingerprint density at radius 3 is 2.62 bits per heavy atom. The first-order valence-corrected chi connectivity index (χ1v) is 8.05. The summed E-state index contributed by atoms with van der Waals surface area (Å²) in [6.45, 7) is -0.0129. The van der Waals surface area contributed by atoms with E-state index in [1.807, 2.05) is 0 Å². The highest BCUT2D eigenvalue weighted by Gasteiger charge is 2.37. The number of hydrogen-bond donors (Lipinski definition) is 0. The fourth-order valence-electron chi connectivity index (χ4n) is 2.10. The molecule has 0 bridgehead atoms. The predicted molar refractivity (Wildman–Crippen MR) is 68.4 cm³/mol. The van der Waals surface area contributed by atoms with Crippen LogP contribution in [0.5, 0.6) is 0 Å². The summed E-state index contributed by atoms with van der Waals surface area (Å²) in [5, 5.41) is 0. The number of halogens is 3. The Hall–Kier alpha value is -1.64. The van der Waals surface area contributed by atoms with E-state index in [1.54, 1.807) is 0 Å². The van der Waals surface area contributed by atoms with Gasteiger partial charge in [0, 0.05) is 19.3 Å². The minimum atomic E-state index is -4.68. The van der Waals surface area contributed by atoms with E-state index < -0.39 is 33.2 Å². The van der Waals surface area contributed by atoms with Crippen LogP contribution in [0.15, 0.2) is 18.3 Å². The van der Waals surface area contributed by atoms with Crippen LogP contribution in [-0.4, -0.2) is 48.8 Å². The van der Waals surface area contributed by atoms with Crippen molar-refractivity contribution >= 4 is 15.7 Å². The van der Waals surface area contributed by atoms with Crippen molar-refractivity contribution in [2.24, 2.45) is 0 Å². The number of aromatic nitrogens is 1. The van der Waals surface area contributed by atoms with Gasteiger partial charge in [0.2, 0.25) is 0 Å². The number of sulfone groups is 1. The first-order valence-electron chi connectivity index (χ1n) is 6.22. The predicted octanol–water partition coefficient (Wildman–Crippen LogP) is 1.36. The van der Waals surface area contributed by atoms with Gasteiger partial charge in [-0.3, -0.25) is 9.78 Å². The van der Waals surface area contributed by atoms with E-state index in [0.29, 0.717) is 0 Å². The van der Waals surface area contributed by atoms with Gasteiger partial charge in [0.05, 0.1) is 17.1 Å². The largest absolute Gasteiger partial charge is 0.418 e. The van der Waals surface area contributed by atoms with Crippen LogP contribution in [0.25, 0.3) is 0 Å². The molecule has 5 nitrogen and oxygen atoms in total. The van der Waals surface area contributed by atoms with Gasteiger partial charge in [-0.15, -0.1) is 0 Å². The summed E-state index contributed by atoms with van der Waals surface area (Å²) >= 11 is 0. The minimum Gasteiger partial charge on any atom is -0.336 e. The topological polar surface area (TPSA) is 67.3 Å². The Morgan fingerprint density at radius 1 is 1.24 bits per heavy atom. The first-order chi connectivity index (χ1) is 9.71. The third kappa shape index (κ3) is 3.72. The minimum absolute atomic E-state index is 0.0644. The van der Waals surface area contributed by atoms with Crippen molar-refractivity contribution < 1.29 is 26.4 Å². The van der Waals surface area contributed by atoms with Gasteiger partial charge in [0.25, 0.3) is 5.91 Å². The first kappa shape index (κ1) is 15.7. The van der Waals surface area contributed by atoms with Gasteiger partial charge in [-0.25, -0.2) is 8.42 Å². The van der Waals surface area contributed by atoms with Gasteiger partial charge >= 0.3 is 6.18 Å². The van der Waals surface area contributed by atoms with Crippen molar-refractivity contribution in [2.75, 3.05) is 24.6 Å². The molecule has 1 aromatic rings. The van der Waals surface area contributed by atoms with Gasteiger partial charge < -0.3 is 4.90 Å². The van der Waals surface area contributed by atoms with E-state index in [1.165, 1.54) is 0 Å². The SMILES string of the molecule is O=C(c1ncccc1C(F)(F)F)N1CCCS(=O)(=O)CC1. The van der Waals surface area contributed by atoms with Gasteiger partial charge in [-0.1, -0.05) is 0 Å². The van der Waals surface area contributed by atoms with E-state index in [0.717, 1.165) is 23.2 Å². The second-order valence-corrected chi connectivity index (χ2v) is 7.00. The van der Waals surface area contributed by atoms with Crippen molar-refractivity contribution in [3.63, 3.8) is 0 Å². The van der Waals surface area contributed by atoms with Gasteiger partial charge in [0.1, 0.15) is 5.69 Å². The summed E-state index contributed by atoms with van der Waals surface area (Å²) in [4.78, 5) is 16.8. The molecule has 0 atom stereocenters. The highest BCUT2D eigenvalue weighted by Crippen LogP contribution is 2.31. The lowest BCUT2D eigenvalue weighted by atomic mass is 10.1. The zero-order chi connectivity index (χ0) is 15.7. The van der Waals surface area contributed by atoms with Crippen molar-refractivity contribution in [3.8, 4) is 0 Å². The molecule has 116 valence electrons. The highest BCUT2D eigenvalue weighted by atomic mass is 32.2. The summed E-state index contributed by atoms with van der Waals surface area (Å²) in [5.41, 5.74) is -1.80. The smallest absolute Gasteiger partial charge is 0.336 e. The summed E-state index contributed by atoms with van der Waals surface area (Å²) in [5.74, 6) is -1.20. The fourth-order valence-corrected chi connectivity index (χ4v) is 3.37. The van der Waals surface area contributed by atoms with Gasteiger partial charge in [-0.05, 0) is 18.6 Å². The van der Waals surface area contributed by atoms with E-state index >= 15 is 0 Å². The molecule has 21 heavy (non-hydrogen) atoms. The fraction of sp³-hybridized carbons (Fsp3) is 0.500. The Bertz CT molecular complexity index is 643. The number of hydrogen-bond acceptors (Lipinski definition) is 4. The molecule has 0 unspecified atom stereocenters. The maximum Gasteiger partial charge on any atom is 0.418 e. The molecule has 2 heterocycles. The maximum absolute atomic E-state index is 12.9. The molecule has 0 aromatic carbocycles. The molecule has 0 saturated carbocycles. The van der Waals surface area contributed by atoms with Crippen LogP contribution in [0, 0.1) is 0 Å². The molecule has 1 aliphatic heterocycles. The molecule has 2 rings (SSSR count). The second-order valence-electron chi connectivity index (χ2n) is 4.69. The van der Waals surface area contributed by atoms with Crippen LogP contribution in [0.1, 0.15) is 22.5 Å². The summed E-state index contributed by atoms with van der Waals surface area (Å²) in [6, 6.07) is 1.89.